The van der Waals surface area contributed by atoms with Gasteiger partial charge in [-0.2, -0.15) is 4.98 Å². The van der Waals surface area contributed by atoms with E-state index in [1.165, 1.54) is 63.4 Å². The van der Waals surface area contributed by atoms with Gasteiger partial charge in [-0.05, 0) is 104 Å². The highest BCUT2D eigenvalue weighted by molar-refractivity contribution is 5.62. The topological polar surface area (TPSA) is 61.0 Å². The van der Waals surface area contributed by atoms with Crippen LogP contribution in [0.4, 0.5) is 5.95 Å². The Morgan fingerprint density at radius 1 is 1.06 bits per heavy atom. The Bertz CT molecular complexity index is 970. The summed E-state index contributed by atoms with van der Waals surface area (Å²) >= 11 is 0. The van der Waals surface area contributed by atoms with Gasteiger partial charge in [-0.3, -0.25) is 0 Å². The zero-order valence-electron chi connectivity index (χ0n) is 23.2. The molecule has 0 aromatic carbocycles. The summed E-state index contributed by atoms with van der Waals surface area (Å²) in [5.41, 5.74) is 10.6. The van der Waals surface area contributed by atoms with Gasteiger partial charge in [0.25, 0.3) is 0 Å². The van der Waals surface area contributed by atoms with Crippen molar-refractivity contribution < 1.29 is 4.74 Å². The van der Waals surface area contributed by atoms with Crippen molar-refractivity contribution in [3.63, 3.8) is 0 Å². The number of aromatic nitrogens is 2. The Labute approximate surface area is 213 Å². The number of ether oxygens (including phenoxy) is 1. The van der Waals surface area contributed by atoms with Gasteiger partial charge in [-0.1, -0.05) is 59.5 Å². The van der Waals surface area contributed by atoms with Crippen LogP contribution < -0.4 is 10.5 Å². The van der Waals surface area contributed by atoms with E-state index in [-0.39, 0.29) is 5.41 Å². The van der Waals surface area contributed by atoms with Crippen LogP contribution in [0.15, 0.2) is 5.57 Å². The lowest BCUT2D eigenvalue weighted by atomic mass is 9.46. The fourth-order valence-corrected chi connectivity index (χ4v) is 9.40. The van der Waals surface area contributed by atoms with Crippen LogP contribution in [0.1, 0.15) is 111 Å². The Morgan fingerprint density at radius 3 is 2.60 bits per heavy atom. The predicted molar refractivity (Wildman–Crippen MR) is 145 cm³/mol. The zero-order chi connectivity index (χ0) is 25.0. The van der Waals surface area contributed by atoms with E-state index in [1.807, 2.05) is 6.92 Å². The number of anilines is 1. The van der Waals surface area contributed by atoms with Crippen LogP contribution in [0.3, 0.4) is 0 Å². The maximum Gasteiger partial charge on any atom is 0.223 e. The van der Waals surface area contributed by atoms with Gasteiger partial charge in [-0.25, -0.2) is 4.98 Å². The molecule has 7 atom stereocenters. The van der Waals surface area contributed by atoms with Crippen LogP contribution in [-0.4, -0.2) is 16.6 Å². The zero-order valence-corrected chi connectivity index (χ0v) is 23.2. The molecule has 4 aliphatic carbocycles. The van der Waals surface area contributed by atoms with E-state index in [0.717, 1.165) is 47.6 Å². The summed E-state index contributed by atoms with van der Waals surface area (Å²) in [7, 11) is 0. The molecule has 194 valence electrons. The fourth-order valence-electron chi connectivity index (χ4n) is 9.40. The number of fused-ring (bicyclic) bond motifs is 6. The maximum absolute atomic E-state index is 6.04. The first-order chi connectivity index (χ1) is 16.7. The van der Waals surface area contributed by atoms with E-state index < -0.39 is 0 Å². The SMILES string of the molecule is CCOc1nc(N)nc2c1C[C@@]1(C)C(=C2)CC[C@H]2[C@@H]3CC[C@H]([C@H](C)CCCC(C)C)[C@@]3(C)CC[C@@H]21. The van der Waals surface area contributed by atoms with Gasteiger partial charge in [0.1, 0.15) is 0 Å². The molecule has 0 amide bonds. The number of nitrogens with two attached hydrogens (primary N) is 1. The molecule has 1 aromatic rings. The monoisotopic (exact) mass is 479 g/mol. The van der Waals surface area contributed by atoms with E-state index in [4.69, 9.17) is 10.5 Å². The second-order valence-corrected chi connectivity index (χ2v) is 13.4. The fraction of sp³-hybridized carbons (Fsp3) is 0.806. The van der Waals surface area contributed by atoms with Gasteiger partial charge in [-0.15, -0.1) is 0 Å². The Kier molecular flexibility index (Phi) is 6.72. The molecule has 1 aromatic heterocycles. The summed E-state index contributed by atoms with van der Waals surface area (Å²) in [6.45, 7) is 15.2. The third-order valence-corrected chi connectivity index (χ3v) is 11.1. The van der Waals surface area contributed by atoms with Crippen LogP contribution >= 0.6 is 0 Å². The molecule has 0 aliphatic heterocycles. The molecule has 0 radical (unpaired) electrons. The minimum absolute atomic E-state index is 0.198. The average molecular weight is 480 g/mol. The maximum atomic E-state index is 6.04. The summed E-state index contributed by atoms with van der Waals surface area (Å²) in [4.78, 5) is 9.11. The molecular weight excluding hydrogens is 430 g/mol. The minimum Gasteiger partial charge on any atom is -0.478 e. The van der Waals surface area contributed by atoms with E-state index >= 15 is 0 Å². The van der Waals surface area contributed by atoms with Crippen LogP contribution in [0.5, 0.6) is 5.88 Å². The number of hydrogen-bond acceptors (Lipinski definition) is 4. The first-order valence-electron chi connectivity index (χ1n) is 14.7. The van der Waals surface area contributed by atoms with Crippen LogP contribution in [-0.2, 0) is 6.42 Å². The lowest BCUT2D eigenvalue weighted by molar-refractivity contribution is -0.0552. The number of rotatable bonds is 7. The lowest BCUT2D eigenvalue weighted by Crippen LogP contribution is -2.51. The Morgan fingerprint density at radius 2 is 1.86 bits per heavy atom. The molecule has 4 heteroatoms. The highest BCUT2D eigenvalue weighted by Gasteiger charge is 2.59. The summed E-state index contributed by atoms with van der Waals surface area (Å²) in [5.74, 6) is 6.17. The average Bonchev–Trinajstić information content (AvgIpc) is 3.15. The van der Waals surface area contributed by atoms with E-state index in [9.17, 15) is 0 Å². The molecule has 4 nitrogen and oxygen atoms in total. The van der Waals surface area contributed by atoms with Gasteiger partial charge in [0.05, 0.1) is 12.3 Å². The molecular formula is C31H49N3O. The van der Waals surface area contributed by atoms with Crippen molar-refractivity contribution >= 4 is 12.0 Å². The third kappa shape index (κ3) is 4.21. The van der Waals surface area contributed by atoms with Crippen LogP contribution in [0, 0.1) is 46.3 Å². The molecule has 0 spiro atoms. The van der Waals surface area contributed by atoms with Gasteiger partial charge in [0.15, 0.2) is 0 Å². The Balaban J connectivity index is 1.38. The first kappa shape index (κ1) is 25.1. The van der Waals surface area contributed by atoms with Crippen molar-refractivity contribution in [2.24, 2.45) is 46.3 Å². The molecule has 5 rings (SSSR count). The van der Waals surface area contributed by atoms with Crippen molar-refractivity contribution in [3.05, 3.63) is 16.8 Å². The molecule has 0 bridgehead atoms. The summed E-state index contributed by atoms with van der Waals surface area (Å²) < 4.78 is 5.96. The Hall–Kier alpha value is -1.58. The molecule has 0 unspecified atom stereocenters. The van der Waals surface area contributed by atoms with Gasteiger partial charge >= 0.3 is 0 Å². The quantitative estimate of drug-likeness (QED) is 0.435. The number of nitrogens with zero attached hydrogens (tertiary/aromatic N) is 2. The number of hydrogen-bond donors (Lipinski definition) is 1. The van der Waals surface area contributed by atoms with Crippen molar-refractivity contribution in [3.8, 4) is 5.88 Å². The highest BCUT2D eigenvalue weighted by Crippen LogP contribution is 2.67. The van der Waals surface area contributed by atoms with Crippen molar-refractivity contribution in [1.82, 2.24) is 9.97 Å². The summed E-state index contributed by atoms with van der Waals surface area (Å²) in [5, 5.41) is 0. The summed E-state index contributed by atoms with van der Waals surface area (Å²) in [6.07, 6.45) is 15.8. The summed E-state index contributed by atoms with van der Waals surface area (Å²) in [6, 6.07) is 0. The van der Waals surface area contributed by atoms with Crippen LogP contribution in [0.2, 0.25) is 0 Å². The first-order valence-corrected chi connectivity index (χ1v) is 14.7. The van der Waals surface area contributed by atoms with Crippen molar-refractivity contribution in [2.45, 2.75) is 106 Å². The van der Waals surface area contributed by atoms with E-state index in [1.54, 1.807) is 5.57 Å². The molecule has 3 fully saturated rings. The largest absolute Gasteiger partial charge is 0.478 e. The molecule has 4 aliphatic rings. The highest BCUT2D eigenvalue weighted by atomic mass is 16.5. The van der Waals surface area contributed by atoms with E-state index in [0.29, 0.717) is 23.9 Å². The predicted octanol–water partition coefficient (Wildman–Crippen LogP) is 7.72. The molecule has 1 heterocycles. The third-order valence-electron chi connectivity index (χ3n) is 11.1. The van der Waals surface area contributed by atoms with Crippen LogP contribution in [0.25, 0.3) is 6.08 Å². The van der Waals surface area contributed by atoms with Crippen molar-refractivity contribution in [2.75, 3.05) is 12.3 Å². The lowest BCUT2D eigenvalue weighted by Gasteiger charge is -2.58. The standard InChI is InChI=1S/C31H49N3O/c1-7-35-28-23-18-31(6)21(17-27(23)33-29(32)34-28)11-12-22-25-14-13-24(20(4)10-8-9-19(2)3)30(25,5)16-15-26(22)31/h17,19-20,22,24-26H,7-16,18H2,1-6H3,(H2,32,33,34)/t20-,22+,24-,25+,26+,30-,31+/m1/s1. The number of nitrogen functional groups attached to an aromatic ring is 1. The molecule has 2 N–H and O–H groups in total. The normalized spacial score (nSPS) is 36.6. The molecule has 3 saturated carbocycles. The molecule has 0 saturated heterocycles. The van der Waals surface area contributed by atoms with Gasteiger partial charge in [0, 0.05) is 5.56 Å². The second-order valence-electron chi connectivity index (χ2n) is 13.4. The number of allylic oxidation sites excluding steroid dienone is 1. The minimum atomic E-state index is 0.198. The van der Waals surface area contributed by atoms with E-state index in [2.05, 4.69) is 50.7 Å². The van der Waals surface area contributed by atoms with Crippen molar-refractivity contribution in [1.29, 1.82) is 0 Å². The van der Waals surface area contributed by atoms with Gasteiger partial charge in [0.2, 0.25) is 11.8 Å². The molecule has 35 heavy (non-hydrogen) atoms. The second kappa shape index (κ2) is 9.38. The smallest absolute Gasteiger partial charge is 0.223 e. The van der Waals surface area contributed by atoms with Gasteiger partial charge < -0.3 is 10.5 Å².